The number of methoxy groups -OCH3 is 1. The summed E-state index contributed by atoms with van der Waals surface area (Å²) in [5.41, 5.74) is 1.81. The van der Waals surface area contributed by atoms with Crippen LogP contribution in [0.3, 0.4) is 0 Å². The van der Waals surface area contributed by atoms with Gasteiger partial charge in [-0.15, -0.1) is 0 Å². The molecule has 24 heavy (non-hydrogen) atoms. The minimum atomic E-state index is -3.40. The van der Waals surface area contributed by atoms with Crippen LogP contribution in [0.2, 0.25) is 0 Å². The molecule has 0 bridgehead atoms. The summed E-state index contributed by atoms with van der Waals surface area (Å²) >= 11 is 0. The third kappa shape index (κ3) is 3.82. The molecule has 6 nitrogen and oxygen atoms in total. The van der Waals surface area contributed by atoms with Crippen LogP contribution in [-0.2, 0) is 18.8 Å². The standard InChI is InChI=1S/C17H26NO5P/c1-6-22-17(19)15-12(4)14-9-7-8-13(11(2)3)16(14)23-24(20,18-15)10-21-5/h7-9,11-12,15H,6,10H2,1-5H3,(H,18,20)/t12?,15-,24?/m0/s1. The van der Waals surface area contributed by atoms with E-state index in [2.05, 4.69) is 5.09 Å². The van der Waals surface area contributed by atoms with E-state index in [1.165, 1.54) is 7.11 Å². The summed E-state index contributed by atoms with van der Waals surface area (Å²) in [6.45, 7) is 8.01. The molecule has 0 aromatic heterocycles. The first-order chi connectivity index (χ1) is 11.3. The van der Waals surface area contributed by atoms with Crippen LogP contribution >= 0.6 is 7.52 Å². The van der Waals surface area contributed by atoms with Crippen LogP contribution in [0.4, 0.5) is 0 Å². The molecule has 0 amide bonds. The van der Waals surface area contributed by atoms with Gasteiger partial charge >= 0.3 is 13.5 Å². The van der Waals surface area contributed by atoms with Crippen molar-refractivity contribution in [2.45, 2.75) is 45.6 Å². The average Bonchev–Trinajstić information content (AvgIpc) is 2.62. The lowest BCUT2D eigenvalue weighted by Gasteiger charge is -2.23. The molecule has 1 aromatic rings. The van der Waals surface area contributed by atoms with Crippen LogP contribution in [0, 0.1) is 0 Å². The number of nitrogens with one attached hydrogen (secondary N) is 1. The summed E-state index contributed by atoms with van der Waals surface area (Å²) < 4.78 is 29.3. The molecule has 3 atom stereocenters. The fourth-order valence-corrected chi connectivity index (χ4v) is 4.67. The van der Waals surface area contributed by atoms with Crippen molar-refractivity contribution < 1.29 is 23.4 Å². The van der Waals surface area contributed by atoms with Gasteiger partial charge < -0.3 is 14.0 Å². The Balaban J connectivity index is 2.57. The van der Waals surface area contributed by atoms with E-state index >= 15 is 0 Å². The Morgan fingerprint density at radius 3 is 2.71 bits per heavy atom. The molecule has 0 fully saturated rings. The average molecular weight is 355 g/mol. The fourth-order valence-electron chi connectivity index (χ4n) is 2.89. The second-order valence-corrected chi connectivity index (χ2v) is 8.30. The van der Waals surface area contributed by atoms with Gasteiger partial charge in [0.1, 0.15) is 18.1 Å². The molecule has 2 rings (SSSR count). The highest BCUT2D eigenvalue weighted by molar-refractivity contribution is 7.57. The Morgan fingerprint density at radius 2 is 2.12 bits per heavy atom. The summed E-state index contributed by atoms with van der Waals surface area (Å²) in [4.78, 5) is 12.4. The molecule has 0 aliphatic carbocycles. The number of carbonyl (C=O) groups excluding carboxylic acids is 1. The molecule has 0 saturated carbocycles. The Hall–Kier alpha value is -1.36. The van der Waals surface area contributed by atoms with Crippen molar-refractivity contribution >= 4 is 13.5 Å². The molecular formula is C17H26NO5P. The largest absolute Gasteiger partial charge is 0.465 e. The minimum absolute atomic E-state index is 0.124. The molecule has 1 aliphatic heterocycles. The van der Waals surface area contributed by atoms with Gasteiger partial charge in [-0.05, 0) is 24.0 Å². The van der Waals surface area contributed by atoms with Crippen molar-refractivity contribution in [1.82, 2.24) is 5.09 Å². The van der Waals surface area contributed by atoms with Crippen LogP contribution in [0.1, 0.15) is 50.7 Å². The highest BCUT2D eigenvalue weighted by Gasteiger charge is 2.41. The van der Waals surface area contributed by atoms with Crippen LogP contribution in [-0.4, -0.2) is 32.1 Å². The second-order valence-electron chi connectivity index (χ2n) is 6.25. The Labute approximate surface area is 143 Å². The number of para-hydroxylation sites is 1. The maximum absolute atomic E-state index is 13.2. The number of fused-ring (bicyclic) bond motifs is 1. The zero-order valence-corrected chi connectivity index (χ0v) is 15.8. The summed E-state index contributed by atoms with van der Waals surface area (Å²) in [5, 5.41) is 2.87. The highest BCUT2D eigenvalue weighted by Crippen LogP contribution is 2.52. The smallest absolute Gasteiger partial charge is 0.342 e. The number of carbonyl (C=O) groups is 1. The SMILES string of the molecule is CCOC(=O)[C@H]1NP(=O)(COC)Oc2c(C(C)C)cccc2C1C. The molecule has 1 N–H and O–H groups in total. The first kappa shape index (κ1) is 19.0. The molecule has 1 aliphatic rings. The van der Waals surface area contributed by atoms with Crippen molar-refractivity contribution in [2.24, 2.45) is 0 Å². The molecule has 1 heterocycles. The summed E-state index contributed by atoms with van der Waals surface area (Å²) in [6, 6.07) is 5.04. The van der Waals surface area contributed by atoms with Crippen molar-refractivity contribution in [3.8, 4) is 5.75 Å². The number of rotatable bonds is 5. The molecule has 0 spiro atoms. The Bertz CT molecular complexity index is 646. The number of hydrogen-bond acceptors (Lipinski definition) is 5. The van der Waals surface area contributed by atoms with Crippen LogP contribution in [0.25, 0.3) is 0 Å². The summed E-state index contributed by atoms with van der Waals surface area (Å²) in [7, 11) is -1.95. The summed E-state index contributed by atoms with van der Waals surface area (Å²) in [5.74, 6) is 0.0973. The molecule has 134 valence electrons. The third-order valence-corrected chi connectivity index (χ3v) is 5.85. The third-order valence-electron chi connectivity index (χ3n) is 4.10. The van der Waals surface area contributed by atoms with E-state index in [0.29, 0.717) is 5.75 Å². The van der Waals surface area contributed by atoms with Gasteiger partial charge in [-0.3, -0.25) is 9.36 Å². The van der Waals surface area contributed by atoms with Gasteiger partial charge in [0, 0.05) is 13.0 Å². The Morgan fingerprint density at radius 1 is 1.42 bits per heavy atom. The predicted molar refractivity (Wildman–Crippen MR) is 92.6 cm³/mol. The minimum Gasteiger partial charge on any atom is -0.465 e. The quantitative estimate of drug-likeness (QED) is 0.642. The molecule has 0 radical (unpaired) electrons. The van der Waals surface area contributed by atoms with Crippen LogP contribution < -0.4 is 9.61 Å². The number of hydrogen-bond donors (Lipinski definition) is 1. The highest BCUT2D eigenvalue weighted by atomic mass is 31.2. The van der Waals surface area contributed by atoms with E-state index in [0.717, 1.165) is 11.1 Å². The van der Waals surface area contributed by atoms with E-state index < -0.39 is 19.5 Å². The summed E-state index contributed by atoms with van der Waals surface area (Å²) in [6.07, 6.45) is -0.124. The monoisotopic (exact) mass is 355 g/mol. The first-order valence-corrected chi connectivity index (χ1v) is 9.98. The van der Waals surface area contributed by atoms with Gasteiger partial charge in [-0.2, -0.15) is 0 Å². The van der Waals surface area contributed by atoms with Gasteiger partial charge in [0.2, 0.25) is 0 Å². The lowest BCUT2D eigenvalue weighted by Crippen LogP contribution is -2.40. The van der Waals surface area contributed by atoms with Crippen molar-refractivity contribution in [3.05, 3.63) is 29.3 Å². The Kier molecular flexibility index (Phi) is 6.07. The van der Waals surface area contributed by atoms with Gasteiger partial charge in [-0.25, -0.2) is 5.09 Å². The number of ether oxygens (including phenoxy) is 2. The molecule has 7 heteroatoms. The normalized spacial score (nSPS) is 26.4. The zero-order chi connectivity index (χ0) is 17.9. The number of esters is 1. The van der Waals surface area contributed by atoms with E-state index in [-0.39, 0.29) is 24.8 Å². The van der Waals surface area contributed by atoms with Crippen molar-refractivity contribution in [2.75, 3.05) is 20.1 Å². The van der Waals surface area contributed by atoms with Crippen molar-refractivity contribution in [3.63, 3.8) is 0 Å². The van der Waals surface area contributed by atoms with Gasteiger partial charge in [-0.1, -0.05) is 39.0 Å². The van der Waals surface area contributed by atoms with Gasteiger partial charge in [0.05, 0.1) is 6.61 Å². The topological polar surface area (TPSA) is 73.9 Å². The maximum atomic E-state index is 13.2. The van der Waals surface area contributed by atoms with Crippen LogP contribution in [0.15, 0.2) is 18.2 Å². The second kappa shape index (κ2) is 7.68. The van der Waals surface area contributed by atoms with Crippen LogP contribution in [0.5, 0.6) is 5.75 Å². The number of benzene rings is 1. The van der Waals surface area contributed by atoms with E-state index in [1.54, 1.807) is 6.92 Å². The van der Waals surface area contributed by atoms with E-state index in [4.69, 9.17) is 14.0 Å². The zero-order valence-electron chi connectivity index (χ0n) is 14.9. The first-order valence-electron chi connectivity index (χ1n) is 8.17. The fraction of sp³-hybridized carbons (Fsp3) is 0.588. The molecule has 2 unspecified atom stereocenters. The van der Waals surface area contributed by atoms with Gasteiger partial charge in [0.25, 0.3) is 0 Å². The maximum Gasteiger partial charge on any atom is 0.342 e. The lowest BCUT2D eigenvalue weighted by atomic mass is 9.89. The predicted octanol–water partition coefficient (Wildman–Crippen LogP) is 3.62. The lowest BCUT2D eigenvalue weighted by molar-refractivity contribution is -0.145. The van der Waals surface area contributed by atoms with Gasteiger partial charge in [0.15, 0.2) is 0 Å². The molecular weight excluding hydrogens is 329 g/mol. The van der Waals surface area contributed by atoms with E-state index in [1.807, 2.05) is 39.0 Å². The molecule has 1 aromatic carbocycles. The van der Waals surface area contributed by atoms with E-state index in [9.17, 15) is 9.36 Å². The molecule has 0 saturated heterocycles. The van der Waals surface area contributed by atoms with Crippen molar-refractivity contribution in [1.29, 1.82) is 0 Å².